The van der Waals surface area contributed by atoms with Gasteiger partial charge in [0.05, 0.1) is 13.2 Å². The molecule has 0 bridgehead atoms. The summed E-state index contributed by atoms with van der Waals surface area (Å²) < 4.78 is 11.2. The maximum absolute atomic E-state index is 12.1. The van der Waals surface area contributed by atoms with Crippen molar-refractivity contribution in [3.8, 4) is 11.5 Å². The first-order valence-corrected chi connectivity index (χ1v) is 7.99. The first kappa shape index (κ1) is 13.7. The Morgan fingerprint density at radius 3 is 3.00 bits per heavy atom. The summed E-state index contributed by atoms with van der Waals surface area (Å²) in [7, 11) is 1.65. The molecule has 4 nitrogen and oxygen atoms in total. The van der Waals surface area contributed by atoms with Crippen LogP contribution >= 0.6 is 15.9 Å². The van der Waals surface area contributed by atoms with Crippen LogP contribution in [-0.2, 0) is 11.2 Å². The van der Waals surface area contributed by atoms with E-state index in [0.29, 0.717) is 18.9 Å². The Morgan fingerprint density at radius 2 is 2.30 bits per heavy atom. The van der Waals surface area contributed by atoms with Gasteiger partial charge in [-0.1, -0.05) is 28.1 Å². The highest BCUT2D eigenvalue weighted by Gasteiger charge is 2.36. The molecule has 0 aromatic heterocycles. The van der Waals surface area contributed by atoms with Gasteiger partial charge in [0.25, 0.3) is 0 Å². The first-order chi connectivity index (χ1) is 9.72. The molecule has 3 rings (SSSR count). The van der Waals surface area contributed by atoms with Gasteiger partial charge in [-0.2, -0.15) is 0 Å². The second-order valence-corrected chi connectivity index (χ2v) is 6.04. The largest absolute Gasteiger partial charge is 0.493 e. The van der Waals surface area contributed by atoms with E-state index in [2.05, 4.69) is 15.9 Å². The highest BCUT2D eigenvalue weighted by atomic mass is 79.9. The summed E-state index contributed by atoms with van der Waals surface area (Å²) in [6, 6.07) is 6.07. The monoisotopic (exact) mass is 339 g/mol. The van der Waals surface area contributed by atoms with Gasteiger partial charge in [0, 0.05) is 23.9 Å². The summed E-state index contributed by atoms with van der Waals surface area (Å²) in [4.78, 5) is 14.1. The summed E-state index contributed by atoms with van der Waals surface area (Å²) in [5.74, 6) is 2.27. The minimum Gasteiger partial charge on any atom is -0.493 e. The molecule has 2 atom stereocenters. The second-order valence-electron chi connectivity index (χ2n) is 5.39. The van der Waals surface area contributed by atoms with E-state index < -0.39 is 0 Å². The van der Waals surface area contributed by atoms with Gasteiger partial charge in [-0.05, 0) is 18.4 Å². The number of alkyl halides is 1. The Bertz CT molecular complexity index is 520. The molecule has 2 unspecified atom stereocenters. The molecule has 1 aromatic carbocycles. The second kappa shape index (κ2) is 5.64. The van der Waals surface area contributed by atoms with E-state index >= 15 is 0 Å². The van der Waals surface area contributed by atoms with Crippen LogP contribution in [0.4, 0.5) is 0 Å². The van der Waals surface area contributed by atoms with Crippen LogP contribution in [0.3, 0.4) is 0 Å². The topological polar surface area (TPSA) is 38.8 Å². The van der Waals surface area contributed by atoms with Crippen LogP contribution in [-0.4, -0.2) is 42.4 Å². The van der Waals surface area contributed by atoms with Crippen molar-refractivity contribution in [3.05, 3.63) is 23.8 Å². The third-order valence-corrected chi connectivity index (χ3v) is 4.97. The number of ether oxygens (including phenoxy) is 2. The van der Waals surface area contributed by atoms with Crippen LogP contribution in [0, 0.1) is 5.92 Å². The fourth-order valence-corrected chi connectivity index (χ4v) is 3.44. The molecule has 1 amide bonds. The summed E-state index contributed by atoms with van der Waals surface area (Å²) in [6.45, 7) is 1.38. The van der Waals surface area contributed by atoms with E-state index in [-0.39, 0.29) is 11.9 Å². The standard InChI is InChI=1S/C15H18BrNO3/c1-19-13-4-2-3-11-6-12(9-20-15(11)13)17-8-10(7-16)5-14(17)18/h2-4,10,12H,5-9H2,1H3. The Kier molecular flexibility index (Phi) is 3.87. The number of amides is 1. The molecule has 108 valence electrons. The summed E-state index contributed by atoms with van der Waals surface area (Å²) in [5, 5.41) is 0.882. The van der Waals surface area contributed by atoms with Gasteiger partial charge in [0.15, 0.2) is 11.5 Å². The number of likely N-dealkylation sites (tertiary alicyclic amines) is 1. The first-order valence-electron chi connectivity index (χ1n) is 6.87. The zero-order chi connectivity index (χ0) is 14.1. The molecule has 0 N–H and O–H groups in total. The maximum atomic E-state index is 12.1. The number of nitrogens with zero attached hydrogens (tertiary/aromatic N) is 1. The fraction of sp³-hybridized carbons (Fsp3) is 0.533. The number of methoxy groups -OCH3 is 1. The predicted molar refractivity (Wildman–Crippen MR) is 79.6 cm³/mol. The molecule has 20 heavy (non-hydrogen) atoms. The third-order valence-electron chi connectivity index (χ3n) is 4.05. The number of hydrogen-bond donors (Lipinski definition) is 0. The minimum absolute atomic E-state index is 0.145. The zero-order valence-electron chi connectivity index (χ0n) is 11.5. The molecule has 2 aliphatic heterocycles. The molecular formula is C15H18BrNO3. The van der Waals surface area contributed by atoms with Crippen LogP contribution in [0.1, 0.15) is 12.0 Å². The van der Waals surface area contributed by atoms with Crippen molar-refractivity contribution in [2.24, 2.45) is 5.92 Å². The molecule has 5 heteroatoms. The van der Waals surface area contributed by atoms with Crippen molar-refractivity contribution in [1.82, 2.24) is 4.90 Å². The van der Waals surface area contributed by atoms with Crippen molar-refractivity contribution in [3.63, 3.8) is 0 Å². The van der Waals surface area contributed by atoms with Crippen molar-refractivity contribution >= 4 is 21.8 Å². The number of halogens is 1. The lowest BCUT2D eigenvalue weighted by molar-refractivity contribution is -0.130. The number of carbonyl (C=O) groups excluding carboxylic acids is 1. The minimum atomic E-state index is 0.145. The van der Waals surface area contributed by atoms with E-state index in [4.69, 9.17) is 9.47 Å². The highest BCUT2D eigenvalue weighted by molar-refractivity contribution is 9.09. The van der Waals surface area contributed by atoms with Gasteiger partial charge in [0.2, 0.25) is 5.91 Å². The highest BCUT2D eigenvalue weighted by Crippen LogP contribution is 2.36. The van der Waals surface area contributed by atoms with E-state index in [1.165, 1.54) is 0 Å². The van der Waals surface area contributed by atoms with Gasteiger partial charge in [-0.25, -0.2) is 0 Å². The van der Waals surface area contributed by atoms with Gasteiger partial charge in [-0.15, -0.1) is 0 Å². The smallest absolute Gasteiger partial charge is 0.223 e. The molecular weight excluding hydrogens is 322 g/mol. The maximum Gasteiger partial charge on any atom is 0.223 e. The Labute approximate surface area is 127 Å². The molecule has 1 aromatic rings. The van der Waals surface area contributed by atoms with Crippen LogP contribution in [0.2, 0.25) is 0 Å². The number of carbonyl (C=O) groups is 1. The van der Waals surface area contributed by atoms with Gasteiger partial charge in [0.1, 0.15) is 6.61 Å². The summed E-state index contributed by atoms with van der Waals surface area (Å²) in [5.41, 5.74) is 1.12. The molecule has 0 spiro atoms. The number of hydrogen-bond acceptors (Lipinski definition) is 3. The average molecular weight is 340 g/mol. The average Bonchev–Trinajstić information content (AvgIpc) is 2.87. The summed E-state index contributed by atoms with van der Waals surface area (Å²) in [6.07, 6.45) is 1.49. The van der Waals surface area contributed by atoms with E-state index in [9.17, 15) is 4.79 Å². The van der Waals surface area contributed by atoms with Crippen LogP contribution in [0.15, 0.2) is 18.2 Å². The number of benzene rings is 1. The van der Waals surface area contributed by atoms with Crippen molar-refractivity contribution < 1.29 is 14.3 Å². The normalized spacial score (nSPS) is 25.3. The van der Waals surface area contributed by atoms with Crippen molar-refractivity contribution in [2.75, 3.05) is 25.6 Å². The van der Waals surface area contributed by atoms with Crippen LogP contribution < -0.4 is 9.47 Å². The molecule has 1 saturated heterocycles. The predicted octanol–water partition coefficient (Wildman–Crippen LogP) is 2.24. The van der Waals surface area contributed by atoms with E-state index in [0.717, 1.165) is 35.4 Å². The SMILES string of the molecule is COc1cccc2c1OCC(N1CC(CBr)CC1=O)C2. The molecule has 2 heterocycles. The lowest BCUT2D eigenvalue weighted by Gasteiger charge is -2.33. The fourth-order valence-electron chi connectivity index (χ4n) is 3.00. The Morgan fingerprint density at radius 1 is 1.45 bits per heavy atom. The third kappa shape index (κ3) is 2.39. The molecule has 0 aliphatic carbocycles. The molecule has 0 radical (unpaired) electrons. The van der Waals surface area contributed by atoms with E-state index in [1.807, 2.05) is 23.1 Å². The van der Waals surface area contributed by atoms with Crippen molar-refractivity contribution in [1.29, 1.82) is 0 Å². The van der Waals surface area contributed by atoms with Crippen molar-refractivity contribution in [2.45, 2.75) is 18.9 Å². The Balaban J connectivity index is 1.78. The van der Waals surface area contributed by atoms with Crippen LogP contribution in [0.25, 0.3) is 0 Å². The van der Waals surface area contributed by atoms with Gasteiger partial charge < -0.3 is 14.4 Å². The number of rotatable bonds is 3. The molecule has 1 fully saturated rings. The van der Waals surface area contributed by atoms with Crippen LogP contribution in [0.5, 0.6) is 11.5 Å². The lowest BCUT2D eigenvalue weighted by atomic mass is 10.0. The van der Waals surface area contributed by atoms with E-state index in [1.54, 1.807) is 7.11 Å². The Hall–Kier alpha value is -1.23. The number of para-hydroxylation sites is 1. The number of fused-ring (bicyclic) bond motifs is 1. The van der Waals surface area contributed by atoms with Gasteiger partial charge in [-0.3, -0.25) is 4.79 Å². The lowest BCUT2D eigenvalue weighted by Crippen LogP contribution is -2.44. The van der Waals surface area contributed by atoms with Gasteiger partial charge >= 0.3 is 0 Å². The summed E-state index contributed by atoms with van der Waals surface area (Å²) >= 11 is 3.47. The molecule has 0 saturated carbocycles. The molecule has 2 aliphatic rings. The zero-order valence-corrected chi connectivity index (χ0v) is 13.1. The quantitative estimate of drug-likeness (QED) is 0.793.